The lowest BCUT2D eigenvalue weighted by Gasteiger charge is -2.38. The van der Waals surface area contributed by atoms with Crippen molar-refractivity contribution in [2.24, 2.45) is 5.41 Å². The topological polar surface area (TPSA) is 120 Å². The van der Waals surface area contributed by atoms with Crippen LogP contribution in [0.4, 0.5) is 0 Å². The van der Waals surface area contributed by atoms with Crippen molar-refractivity contribution in [1.29, 1.82) is 0 Å². The summed E-state index contributed by atoms with van der Waals surface area (Å²) in [5.74, 6) is 3.86. The third-order valence-electron chi connectivity index (χ3n) is 6.41. The van der Waals surface area contributed by atoms with Gasteiger partial charge in [0.2, 0.25) is 0 Å². The van der Waals surface area contributed by atoms with Crippen molar-refractivity contribution in [3.63, 3.8) is 0 Å². The van der Waals surface area contributed by atoms with Gasteiger partial charge in [0.1, 0.15) is 0 Å². The summed E-state index contributed by atoms with van der Waals surface area (Å²) in [6.07, 6.45) is 0. The molecule has 1 aliphatic heterocycles. The maximum absolute atomic E-state index is 12.9. The SMILES string of the molecule is CNC(=O)[C@@](C)(C(=O)NO)N(C)C(=O)c1ccc(C#Cc2ccc(CNCC3(C)COC3)cc2)cc1. The number of amides is 3. The smallest absolute Gasteiger partial charge is 0.278 e. The highest BCUT2D eigenvalue weighted by Crippen LogP contribution is 2.25. The van der Waals surface area contributed by atoms with E-state index >= 15 is 0 Å². The van der Waals surface area contributed by atoms with Crippen LogP contribution < -0.4 is 16.1 Å². The number of carbonyl (C=O) groups is 3. The van der Waals surface area contributed by atoms with Gasteiger partial charge in [0, 0.05) is 49.3 Å². The van der Waals surface area contributed by atoms with Gasteiger partial charge >= 0.3 is 0 Å². The zero-order valence-corrected chi connectivity index (χ0v) is 21.0. The fraction of sp³-hybridized carbons (Fsp3) is 0.370. The Morgan fingerprint density at radius 2 is 1.58 bits per heavy atom. The normalized spacial score (nSPS) is 15.4. The Hall–Kier alpha value is -3.71. The average Bonchev–Trinajstić information content (AvgIpc) is 2.89. The summed E-state index contributed by atoms with van der Waals surface area (Å²) >= 11 is 0. The molecule has 0 spiro atoms. The molecule has 2 aromatic carbocycles. The van der Waals surface area contributed by atoms with Gasteiger partial charge < -0.3 is 20.3 Å². The fourth-order valence-electron chi connectivity index (χ4n) is 3.76. The largest absolute Gasteiger partial charge is 0.380 e. The summed E-state index contributed by atoms with van der Waals surface area (Å²) in [7, 11) is 2.66. The van der Waals surface area contributed by atoms with Crippen LogP contribution in [0.15, 0.2) is 48.5 Å². The Bertz CT molecular complexity index is 1150. The van der Waals surface area contributed by atoms with Crippen molar-refractivity contribution in [3.8, 4) is 11.8 Å². The van der Waals surface area contributed by atoms with Crippen molar-refractivity contribution >= 4 is 17.7 Å². The number of rotatable bonds is 8. The monoisotopic (exact) mass is 492 g/mol. The van der Waals surface area contributed by atoms with Gasteiger partial charge in [-0.25, -0.2) is 5.48 Å². The molecular weight excluding hydrogens is 460 g/mol. The maximum Gasteiger partial charge on any atom is 0.278 e. The first kappa shape index (κ1) is 26.9. The van der Waals surface area contributed by atoms with E-state index in [-0.39, 0.29) is 11.0 Å². The number of hydroxylamine groups is 1. The molecule has 1 aliphatic rings. The van der Waals surface area contributed by atoms with Crippen LogP contribution in [0.3, 0.4) is 0 Å². The molecule has 36 heavy (non-hydrogen) atoms. The van der Waals surface area contributed by atoms with Gasteiger partial charge in [-0.1, -0.05) is 30.9 Å². The summed E-state index contributed by atoms with van der Waals surface area (Å²) in [4.78, 5) is 38.4. The van der Waals surface area contributed by atoms with Gasteiger partial charge in [-0.15, -0.1) is 0 Å². The molecule has 9 heteroatoms. The number of benzene rings is 2. The van der Waals surface area contributed by atoms with Gasteiger partial charge in [0.15, 0.2) is 5.54 Å². The minimum Gasteiger partial charge on any atom is -0.380 e. The van der Waals surface area contributed by atoms with Crippen molar-refractivity contribution in [1.82, 2.24) is 21.0 Å². The van der Waals surface area contributed by atoms with Gasteiger partial charge in [0.05, 0.1) is 13.2 Å². The number of hydrogen-bond donors (Lipinski definition) is 4. The van der Waals surface area contributed by atoms with Crippen LogP contribution in [0, 0.1) is 17.3 Å². The molecule has 4 N–H and O–H groups in total. The van der Waals surface area contributed by atoms with Crippen molar-refractivity contribution in [3.05, 3.63) is 70.8 Å². The fourth-order valence-corrected chi connectivity index (χ4v) is 3.76. The molecule has 0 unspecified atom stereocenters. The van der Waals surface area contributed by atoms with Crippen LogP contribution in [0.5, 0.6) is 0 Å². The van der Waals surface area contributed by atoms with Crippen LogP contribution in [-0.2, 0) is 20.9 Å². The Labute approximate surface area is 211 Å². The quantitative estimate of drug-likeness (QED) is 0.191. The minimum atomic E-state index is -1.94. The molecule has 3 rings (SSSR count). The van der Waals surface area contributed by atoms with Crippen LogP contribution in [0.2, 0.25) is 0 Å². The van der Waals surface area contributed by atoms with E-state index in [4.69, 9.17) is 9.94 Å². The first-order chi connectivity index (χ1) is 17.1. The Morgan fingerprint density at radius 1 is 1.03 bits per heavy atom. The standard InChI is InChI=1S/C27H32N4O5/c1-26(17-36-18-26)16-29-15-21-9-7-19(8-10-21)5-6-20-11-13-22(14-12-20)23(32)31(4)27(2,24(33)28-3)25(34)30-35/h7-14,29,35H,15-18H2,1-4H3,(H,28,33)(H,30,34)/t27-/m0/s1. The molecule has 0 bridgehead atoms. The third-order valence-corrected chi connectivity index (χ3v) is 6.41. The molecule has 1 heterocycles. The number of nitrogens with one attached hydrogen (secondary N) is 3. The second-order valence-electron chi connectivity index (χ2n) is 9.39. The van der Waals surface area contributed by atoms with Crippen LogP contribution in [-0.4, -0.2) is 67.2 Å². The van der Waals surface area contributed by atoms with Crippen molar-refractivity contribution in [2.75, 3.05) is 33.9 Å². The van der Waals surface area contributed by atoms with E-state index in [1.54, 1.807) is 24.3 Å². The van der Waals surface area contributed by atoms with Gasteiger partial charge in [-0.05, 0) is 48.9 Å². The average molecular weight is 493 g/mol. The van der Waals surface area contributed by atoms with Crippen LogP contribution in [0.25, 0.3) is 0 Å². The van der Waals surface area contributed by atoms with Gasteiger partial charge in [-0.3, -0.25) is 19.6 Å². The van der Waals surface area contributed by atoms with E-state index in [1.165, 1.54) is 32.1 Å². The molecule has 3 amide bonds. The summed E-state index contributed by atoms with van der Waals surface area (Å²) < 4.78 is 5.28. The molecule has 1 saturated heterocycles. The van der Waals surface area contributed by atoms with Crippen molar-refractivity contribution in [2.45, 2.75) is 25.9 Å². The zero-order valence-electron chi connectivity index (χ0n) is 21.0. The molecule has 1 atom stereocenters. The van der Waals surface area contributed by atoms with E-state index in [2.05, 4.69) is 29.4 Å². The van der Waals surface area contributed by atoms with E-state index in [1.807, 2.05) is 24.3 Å². The highest BCUT2D eigenvalue weighted by Gasteiger charge is 2.47. The predicted molar refractivity (Wildman–Crippen MR) is 134 cm³/mol. The summed E-state index contributed by atoms with van der Waals surface area (Å²) in [5, 5.41) is 14.9. The molecule has 0 radical (unpaired) electrons. The van der Waals surface area contributed by atoms with E-state index in [9.17, 15) is 14.4 Å². The molecule has 0 aliphatic carbocycles. The number of carbonyl (C=O) groups excluding carboxylic acids is 3. The molecule has 2 aromatic rings. The maximum atomic E-state index is 12.9. The highest BCUT2D eigenvalue weighted by atomic mass is 16.5. The molecule has 1 fully saturated rings. The second kappa shape index (κ2) is 11.4. The van der Waals surface area contributed by atoms with E-state index in [0.717, 1.165) is 36.8 Å². The Balaban J connectivity index is 1.62. The van der Waals surface area contributed by atoms with Crippen LogP contribution >= 0.6 is 0 Å². The molecular formula is C27H32N4O5. The van der Waals surface area contributed by atoms with Gasteiger partial charge in [-0.2, -0.15) is 0 Å². The second-order valence-corrected chi connectivity index (χ2v) is 9.39. The first-order valence-corrected chi connectivity index (χ1v) is 11.6. The molecule has 0 aromatic heterocycles. The van der Waals surface area contributed by atoms with Crippen LogP contribution in [0.1, 0.15) is 40.9 Å². The number of likely N-dealkylation sites (N-methyl/N-ethyl adjacent to an activating group) is 2. The third kappa shape index (κ3) is 5.91. The Morgan fingerprint density at radius 3 is 2.06 bits per heavy atom. The lowest BCUT2D eigenvalue weighted by atomic mass is 9.89. The predicted octanol–water partition coefficient (Wildman–Crippen LogP) is 1.29. The lowest BCUT2D eigenvalue weighted by Crippen LogP contribution is -2.64. The summed E-state index contributed by atoms with van der Waals surface area (Å²) in [6, 6.07) is 14.6. The Kier molecular flexibility index (Phi) is 8.48. The summed E-state index contributed by atoms with van der Waals surface area (Å²) in [5.41, 5.74) is 2.77. The molecule has 9 nitrogen and oxygen atoms in total. The first-order valence-electron chi connectivity index (χ1n) is 11.6. The molecule has 190 valence electrons. The number of nitrogens with zero attached hydrogens (tertiary/aromatic N) is 1. The zero-order chi connectivity index (χ0) is 26.3. The minimum absolute atomic E-state index is 0.235. The van der Waals surface area contributed by atoms with Crippen molar-refractivity contribution < 1.29 is 24.3 Å². The van der Waals surface area contributed by atoms with E-state index < -0.39 is 23.3 Å². The lowest BCUT2D eigenvalue weighted by molar-refractivity contribution is -0.148. The van der Waals surface area contributed by atoms with Gasteiger partial charge in [0.25, 0.3) is 17.7 Å². The number of ether oxygens (including phenoxy) is 1. The summed E-state index contributed by atoms with van der Waals surface area (Å²) in [6.45, 7) is 6.77. The van der Waals surface area contributed by atoms with E-state index in [0.29, 0.717) is 5.56 Å². The number of hydrogen-bond acceptors (Lipinski definition) is 6. The molecule has 0 saturated carbocycles. The highest BCUT2D eigenvalue weighted by molar-refractivity contribution is 6.12.